The van der Waals surface area contributed by atoms with Gasteiger partial charge in [-0.3, -0.25) is 4.79 Å². The maximum absolute atomic E-state index is 11.4. The van der Waals surface area contributed by atoms with Gasteiger partial charge in [0.05, 0.1) is 5.92 Å². The van der Waals surface area contributed by atoms with Crippen LogP contribution in [0.25, 0.3) is 0 Å². The molecule has 1 amide bonds. The molecule has 17 heavy (non-hydrogen) atoms. The molecule has 3 N–H and O–H groups in total. The second kappa shape index (κ2) is 5.47. The van der Waals surface area contributed by atoms with Crippen molar-refractivity contribution in [2.45, 2.75) is 13.8 Å². The second-order valence-electron chi connectivity index (χ2n) is 4.09. The van der Waals surface area contributed by atoms with E-state index in [1.165, 1.54) is 0 Å². The molecule has 0 radical (unpaired) electrons. The molecule has 0 spiro atoms. The van der Waals surface area contributed by atoms with E-state index >= 15 is 0 Å². The zero-order valence-electron chi connectivity index (χ0n) is 10.7. The van der Waals surface area contributed by atoms with E-state index in [1.54, 1.807) is 20.0 Å². The summed E-state index contributed by atoms with van der Waals surface area (Å²) in [6.45, 7) is 4.23. The van der Waals surface area contributed by atoms with Crippen molar-refractivity contribution in [1.82, 2.24) is 15.3 Å². The summed E-state index contributed by atoms with van der Waals surface area (Å²) < 4.78 is 0. The average molecular weight is 237 g/mol. The molecule has 0 aromatic carbocycles. The Kier molecular flexibility index (Phi) is 4.25. The van der Waals surface area contributed by atoms with Crippen molar-refractivity contribution in [3.63, 3.8) is 0 Å². The minimum absolute atomic E-state index is 0.00981. The van der Waals surface area contributed by atoms with Crippen molar-refractivity contribution in [3.05, 3.63) is 11.9 Å². The summed E-state index contributed by atoms with van der Waals surface area (Å²) in [5.74, 6) is 1.69. The minimum atomic E-state index is -0.110. The average Bonchev–Trinajstić information content (AvgIpc) is 2.26. The maximum atomic E-state index is 11.4. The topological polar surface area (TPSA) is 84.1 Å². The van der Waals surface area contributed by atoms with Gasteiger partial charge in [-0.1, -0.05) is 6.92 Å². The SMILES string of the molecule is CNC(=O)C(C)CN(C)c1cc(N)nc(C)n1. The van der Waals surface area contributed by atoms with Gasteiger partial charge in [-0.25, -0.2) is 9.97 Å². The lowest BCUT2D eigenvalue weighted by atomic mass is 10.1. The summed E-state index contributed by atoms with van der Waals surface area (Å²) in [5, 5.41) is 2.62. The number of anilines is 2. The van der Waals surface area contributed by atoms with Crippen LogP contribution in [0, 0.1) is 12.8 Å². The molecular weight excluding hydrogens is 218 g/mol. The van der Waals surface area contributed by atoms with Gasteiger partial charge in [0.1, 0.15) is 17.5 Å². The lowest BCUT2D eigenvalue weighted by molar-refractivity contribution is -0.123. The molecule has 1 aromatic heterocycles. The first-order valence-corrected chi connectivity index (χ1v) is 5.48. The fourth-order valence-electron chi connectivity index (χ4n) is 1.60. The van der Waals surface area contributed by atoms with Gasteiger partial charge in [0.15, 0.2) is 0 Å². The molecule has 1 unspecified atom stereocenters. The zero-order chi connectivity index (χ0) is 13.0. The Morgan fingerprint density at radius 3 is 2.76 bits per heavy atom. The number of aromatic nitrogens is 2. The molecule has 1 rings (SSSR count). The number of nitrogen functional groups attached to an aromatic ring is 1. The minimum Gasteiger partial charge on any atom is -0.384 e. The molecule has 6 heteroatoms. The summed E-state index contributed by atoms with van der Waals surface area (Å²) in [5.41, 5.74) is 5.66. The highest BCUT2D eigenvalue weighted by atomic mass is 16.1. The fraction of sp³-hybridized carbons (Fsp3) is 0.545. The smallest absolute Gasteiger partial charge is 0.224 e. The highest BCUT2D eigenvalue weighted by Crippen LogP contribution is 2.13. The van der Waals surface area contributed by atoms with Crippen LogP contribution in [-0.2, 0) is 4.79 Å². The summed E-state index contributed by atoms with van der Waals surface area (Å²) >= 11 is 0. The second-order valence-corrected chi connectivity index (χ2v) is 4.09. The molecule has 0 saturated heterocycles. The van der Waals surface area contributed by atoms with E-state index in [-0.39, 0.29) is 11.8 Å². The van der Waals surface area contributed by atoms with E-state index in [4.69, 9.17) is 5.73 Å². The molecule has 0 aliphatic rings. The monoisotopic (exact) mass is 237 g/mol. The van der Waals surface area contributed by atoms with E-state index in [1.807, 2.05) is 18.9 Å². The predicted molar refractivity (Wildman–Crippen MR) is 67.7 cm³/mol. The first-order chi connectivity index (χ1) is 7.93. The van der Waals surface area contributed by atoms with Crippen molar-refractivity contribution < 1.29 is 4.79 Å². The highest BCUT2D eigenvalue weighted by molar-refractivity contribution is 5.78. The van der Waals surface area contributed by atoms with Gasteiger partial charge in [0, 0.05) is 26.7 Å². The number of nitrogens with one attached hydrogen (secondary N) is 1. The quantitative estimate of drug-likeness (QED) is 0.780. The normalized spacial score (nSPS) is 12.0. The van der Waals surface area contributed by atoms with Gasteiger partial charge in [-0.05, 0) is 6.92 Å². The molecule has 0 bridgehead atoms. The standard InChI is InChI=1S/C11H19N5O/c1-7(11(17)13-3)6-16(4)10-5-9(12)14-8(2)15-10/h5,7H,6H2,1-4H3,(H,13,17)(H2,12,14,15). The van der Waals surface area contributed by atoms with E-state index in [0.717, 1.165) is 5.82 Å². The Labute approximate surface area is 101 Å². The Hall–Kier alpha value is -1.85. The predicted octanol–water partition coefficient (Wildman–Crippen LogP) is 0.186. The molecule has 0 aliphatic heterocycles. The Bertz CT molecular complexity index is 387. The Morgan fingerprint density at radius 1 is 1.59 bits per heavy atom. The summed E-state index contributed by atoms with van der Waals surface area (Å²) in [6, 6.07) is 1.70. The number of hydrogen-bond donors (Lipinski definition) is 2. The zero-order valence-corrected chi connectivity index (χ0v) is 10.7. The molecule has 0 saturated carbocycles. The Balaban J connectivity index is 2.75. The van der Waals surface area contributed by atoms with Crippen LogP contribution in [0.5, 0.6) is 0 Å². The molecule has 1 atom stereocenters. The van der Waals surface area contributed by atoms with E-state index in [2.05, 4.69) is 15.3 Å². The number of aryl methyl sites for hydroxylation is 1. The van der Waals surface area contributed by atoms with Crippen molar-refractivity contribution in [3.8, 4) is 0 Å². The molecule has 6 nitrogen and oxygen atoms in total. The third-order valence-corrected chi connectivity index (χ3v) is 2.48. The molecule has 1 aromatic rings. The van der Waals surface area contributed by atoms with Crippen LogP contribution in [0.15, 0.2) is 6.07 Å². The van der Waals surface area contributed by atoms with Crippen LogP contribution < -0.4 is 16.0 Å². The largest absolute Gasteiger partial charge is 0.384 e. The van der Waals surface area contributed by atoms with Crippen LogP contribution in [0.3, 0.4) is 0 Å². The Morgan fingerprint density at radius 2 is 2.24 bits per heavy atom. The number of rotatable bonds is 4. The third kappa shape index (κ3) is 3.58. The number of nitrogens with zero attached hydrogens (tertiary/aromatic N) is 3. The van der Waals surface area contributed by atoms with Gasteiger partial charge in [-0.15, -0.1) is 0 Å². The first kappa shape index (κ1) is 13.2. The fourth-order valence-corrected chi connectivity index (χ4v) is 1.60. The van der Waals surface area contributed by atoms with Crippen molar-refractivity contribution in [1.29, 1.82) is 0 Å². The third-order valence-electron chi connectivity index (χ3n) is 2.48. The van der Waals surface area contributed by atoms with Crippen LogP contribution in [0.4, 0.5) is 11.6 Å². The molecule has 94 valence electrons. The van der Waals surface area contributed by atoms with E-state index < -0.39 is 0 Å². The lowest BCUT2D eigenvalue weighted by Gasteiger charge is -2.21. The summed E-state index contributed by atoms with van der Waals surface area (Å²) in [7, 11) is 3.51. The van der Waals surface area contributed by atoms with Crippen molar-refractivity contribution in [2.24, 2.45) is 5.92 Å². The number of amides is 1. The van der Waals surface area contributed by atoms with Crippen LogP contribution in [-0.4, -0.2) is 36.5 Å². The van der Waals surface area contributed by atoms with Gasteiger partial charge in [0.2, 0.25) is 5.91 Å². The van der Waals surface area contributed by atoms with Crippen molar-refractivity contribution >= 4 is 17.5 Å². The van der Waals surface area contributed by atoms with Crippen molar-refractivity contribution in [2.75, 3.05) is 31.3 Å². The van der Waals surface area contributed by atoms with Crippen LogP contribution in [0.1, 0.15) is 12.7 Å². The summed E-state index contributed by atoms with van der Waals surface area (Å²) in [6.07, 6.45) is 0. The van der Waals surface area contributed by atoms with Gasteiger partial charge < -0.3 is 16.0 Å². The molecular formula is C11H19N5O. The first-order valence-electron chi connectivity index (χ1n) is 5.48. The molecule has 0 aliphatic carbocycles. The van der Waals surface area contributed by atoms with Gasteiger partial charge in [-0.2, -0.15) is 0 Å². The number of nitrogens with two attached hydrogens (primary N) is 1. The molecule has 1 heterocycles. The molecule has 0 fully saturated rings. The lowest BCUT2D eigenvalue weighted by Crippen LogP contribution is -2.34. The van der Waals surface area contributed by atoms with E-state index in [9.17, 15) is 4.79 Å². The van der Waals surface area contributed by atoms with Gasteiger partial charge in [0.25, 0.3) is 0 Å². The summed E-state index contributed by atoms with van der Waals surface area (Å²) in [4.78, 5) is 21.6. The van der Waals surface area contributed by atoms with Gasteiger partial charge >= 0.3 is 0 Å². The highest BCUT2D eigenvalue weighted by Gasteiger charge is 2.15. The number of hydrogen-bond acceptors (Lipinski definition) is 5. The number of carbonyl (C=O) groups is 1. The van der Waals surface area contributed by atoms with Crippen LogP contribution >= 0.6 is 0 Å². The van der Waals surface area contributed by atoms with Crippen LogP contribution in [0.2, 0.25) is 0 Å². The number of carbonyl (C=O) groups excluding carboxylic acids is 1. The maximum Gasteiger partial charge on any atom is 0.224 e. The van der Waals surface area contributed by atoms with E-state index in [0.29, 0.717) is 18.2 Å².